The number of anilines is 1. The van der Waals surface area contributed by atoms with Crippen LogP contribution >= 0.6 is 0 Å². The highest BCUT2D eigenvalue weighted by atomic mass is 16.2. The second kappa shape index (κ2) is 8.13. The van der Waals surface area contributed by atoms with Crippen molar-refractivity contribution in [2.75, 3.05) is 32.5 Å². The molecule has 2 fully saturated rings. The molecule has 34 heavy (non-hydrogen) atoms. The molecule has 4 heterocycles. The SMILES string of the molecule is C[C@H]1CN(C(=O)C2(C#N)CC2)C[C@H]1Nc1ccnn2cc(-c3ccc(C(=O)N(C)C)nc3)cc12. The monoisotopic (exact) mass is 457 g/mol. The summed E-state index contributed by atoms with van der Waals surface area (Å²) in [4.78, 5) is 32.6. The van der Waals surface area contributed by atoms with Crippen molar-refractivity contribution in [1.82, 2.24) is 24.4 Å². The predicted octanol–water partition coefficient (Wildman–Crippen LogP) is 2.66. The Balaban J connectivity index is 1.36. The number of hydrogen-bond donors (Lipinski definition) is 1. The van der Waals surface area contributed by atoms with Crippen LogP contribution in [0.25, 0.3) is 16.6 Å². The Hall–Kier alpha value is -3.93. The highest BCUT2D eigenvalue weighted by Gasteiger charge is 2.54. The molecule has 2 atom stereocenters. The minimum Gasteiger partial charge on any atom is -0.378 e. The van der Waals surface area contributed by atoms with Crippen LogP contribution in [0.15, 0.2) is 42.9 Å². The summed E-state index contributed by atoms with van der Waals surface area (Å²) in [6, 6.07) is 9.89. The normalized spacial score (nSPS) is 20.7. The molecular weight excluding hydrogens is 430 g/mol. The van der Waals surface area contributed by atoms with Crippen LogP contribution in [0.3, 0.4) is 0 Å². The average Bonchev–Trinajstić information content (AvgIpc) is 3.38. The molecule has 1 N–H and O–H groups in total. The first-order chi connectivity index (χ1) is 16.3. The number of nitrogens with zero attached hydrogens (tertiary/aromatic N) is 6. The summed E-state index contributed by atoms with van der Waals surface area (Å²) in [6.45, 7) is 3.36. The molecule has 1 aliphatic heterocycles. The van der Waals surface area contributed by atoms with Gasteiger partial charge >= 0.3 is 0 Å². The largest absolute Gasteiger partial charge is 0.378 e. The van der Waals surface area contributed by atoms with Gasteiger partial charge in [-0.1, -0.05) is 13.0 Å². The summed E-state index contributed by atoms with van der Waals surface area (Å²) in [6.07, 6.45) is 6.71. The highest BCUT2D eigenvalue weighted by Crippen LogP contribution is 2.47. The zero-order chi connectivity index (χ0) is 24.0. The van der Waals surface area contributed by atoms with Crippen molar-refractivity contribution >= 4 is 23.0 Å². The van der Waals surface area contributed by atoms with Gasteiger partial charge in [0.2, 0.25) is 5.91 Å². The van der Waals surface area contributed by atoms with Crippen molar-refractivity contribution in [2.45, 2.75) is 25.8 Å². The van der Waals surface area contributed by atoms with E-state index in [2.05, 4.69) is 28.4 Å². The van der Waals surface area contributed by atoms with Gasteiger partial charge in [-0.05, 0) is 37.0 Å². The van der Waals surface area contributed by atoms with E-state index in [4.69, 9.17) is 0 Å². The number of carbonyl (C=O) groups excluding carboxylic acids is 2. The van der Waals surface area contributed by atoms with E-state index in [0.717, 1.165) is 22.3 Å². The van der Waals surface area contributed by atoms with E-state index in [9.17, 15) is 14.9 Å². The van der Waals surface area contributed by atoms with E-state index in [-0.39, 0.29) is 23.8 Å². The fourth-order valence-corrected chi connectivity index (χ4v) is 4.54. The van der Waals surface area contributed by atoms with Crippen LogP contribution in [0.2, 0.25) is 0 Å². The lowest BCUT2D eigenvalue weighted by Gasteiger charge is -2.20. The molecule has 1 saturated carbocycles. The Morgan fingerprint density at radius 1 is 1.21 bits per heavy atom. The molecule has 2 aliphatic rings. The minimum absolute atomic E-state index is 0.0281. The van der Waals surface area contributed by atoms with Gasteiger partial charge in [-0.15, -0.1) is 0 Å². The van der Waals surface area contributed by atoms with Crippen LogP contribution in [0.4, 0.5) is 5.69 Å². The van der Waals surface area contributed by atoms with Crippen LogP contribution in [0.5, 0.6) is 0 Å². The third kappa shape index (κ3) is 3.75. The number of aromatic nitrogens is 3. The van der Waals surface area contributed by atoms with Crippen molar-refractivity contribution in [3.8, 4) is 17.2 Å². The van der Waals surface area contributed by atoms with E-state index >= 15 is 0 Å². The molecule has 0 bridgehead atoms. The number of fused-ring (bicyclic) bond motifs is 1. The molecule has 1 aliphatic carbocycles. The lowest BCUT2D eigenvalue weighted by molar-refractivity contribution is -0.134. The maximum atomic E-state index is 12.8. The second-order valence-corrected chi connectivity index (χ2v) is 9.57. The maximum Gasteiger partial charge on any atom is 0.271 e. The van der Waals surface area contributed by atoms with E-state index in [1.807, 2.05) is 33.8 Å². The molecule has 174 valence electrons. The van der Waals surface area contributed by atoms with Crippen LogP contribution < -0.4 is 5.32 Å². The molecule has 3 aromatic rings. The Morgan fingerprint density at radius 3 is 2.65 bits per heavy atom. The topological polar surface area (TPSA) is 107 Å². The van der Waals surface area contributed by atoms with Crippen LogP contribution in [0.1, 0.15) is 30.3 Å². The summed E-state index contributed by atoms with van der Waals surface area (Å²) in [5.41, 5.74) is 3.30. The molecule has 1 saturated heterocycles. The minimum atomic E-state index is -0.782. The number of nitrogens with one attached hydrogen (secondary N) is 1. The molecular formula is C25H27N7O2. The smallest absolute Gasteiger partial charge is 0.271 e. The van der Waals surface area contributed by atoms with Crippen LogP contribution in [0, 0.1) is 22.7 Å². The quantitative estimate of drug-likeness (QED) is 0.631. The van der Waals surface area contributed by atoms with Crippen molar-refractivity contribution < 1.29 is 9.59 Å². The summed E-state index contributed by atoms with van der Waals surface area (Å²) in [7, 11) is 3.40. The Morgan fingerprint density at radius 2 is 2.00 bits per heavy atom. The number of hydrogen-bond acceptors (Lipinski definition) is 6. The zero-order valence-electron chi connectivity index (χ0n) is 19.5. The molecule has 0 aromatic carbocycles. The molecule has 0 radical (unpaired) electrons. The number of nitriles is 1. The molecule has 5 rings (SSSR count). The van der Waals surface area contributed by atoms with Crippen molar-refractivity contribution in [3.63, 3.8) is 0 Å². The van der Waals surface area contributed by atoms with Crippen LogP contribution in [-0.4, -0.2) is 69.4 Å². The van der Waals surface area contributed by atoms with Gasteiger partial charge in [-0.2, -0.15) is 10.4 Å². The van der Waals surface area contributed by atoms with Crippen molar-refractivity contribution in [1.29, 1.82) is 5.26 Å². The van der Waals surface area contributed by atoms with Crippen molar-refractivity contribution in [3.05, 3.63) is 48.5 Å². The first-order valence-electron chi connectivity index (χ1n) is 11.4. The average molecular weight is 458 g/mol. The fraction of sp³-hybridized carbons (Fsp3) is 0.400. The van der Waals surface area contributed by atoms with Gasteiger partial charge < -0.3 is 15.1 Å². The first kappa shape index (κ1) is 21.9. The lowest BCUT2D eigenvalue weighted by Crippen LogP contribution is -2.36. The predicted molar refractivity (Wildman–Crippen MR) is 127 cm³/mol. The molecule has 2 amide bonds. The van der Waals surface area contributed by atoms with Crippen LogP contribution in [-0.2, 0) is 4.79 Å². The maximum absolute atomic E-state index is 12.8. The summed E-state index contributed by atoms with van der Waals surface area (Å²) < 4.78 is 1.81. The molecule has 9 nitrogen and oxygen atoms in total. The number of carbonyl (C=O) groups is 2. The third-order valence-corrected chi connectivity index (χ3v) is 6.84. The highest BCUT2D eigenvalue weighted by molar-refractivity contribution is 5.92. The number of pyridine rings is 1. The van der Waals surface area contributed by atoms with E-state index < -0.39 is 5.41 Å². The standard InChI is InChI=1S/C25H27N7O2/c1-16-12-31(24(34)25(15-26)7-8-25)14-21(16)29-19-6-9-28-32-13-18(10-22(19)32)17-4-5-20(27-11-17)23(33)30(2)3/h4-6,9-11,13,16,21,29H,7-8,12,14H2,1-3H3/t16-,21+/m0/s1. The van der Waals surface area contributed by atoms with Gasteiger partial charge in [0.15, 0.2) is 0 Å². The van der Waals surface area contributed by atoms with E-state index in [0.29, 0.717) is 31.6 Å². The molecule has 0 spiro atoms. The van der Waals surface area contributed by atoms with Gasteiger partial charge in [0.1, 0.15) is 11.1 Å². The van der Waals surface area contributed by atoms with Gasteiger partial charge in [-0.25, -0.2) is 4.52 Å². The summed E-state index contributed by atoms with van der Waals surface area (Å²) >= 11 is 0. The lowest BCUT2D eigenvalue weighted by atomic mass is 10.1. The summed E-state index contributed by atoms with van der Waals surface area (Å²) in [5.74, 6) is 0.0918. The number of rotatable bonds is 5. The molecule has 3 aromatic heterocycles. The number of likely N-dealkylation sites (tertiary alicyclic amines) is 1. The Labute approximate surface area is 198 Å². The Kier molecular flexibility index (Phi) is 5.24. The zero-order valence-corrected chi connectivity index (χ0v) is 19.5. The van der Waals surface area contributed by atoms with Crippen molar-refractivity contribution in [2.24, 2.45) is 11.3 Å². The van der Waals surface area contributed by atoms with E-state index in [1.165, 1.54) is 4.90 Å². The third-order valence-electron chi connectivity index (χ3n) is 6.84. The number of amides is 2. The van der Waals surface area contributed by atoms with Gasteiger partial charge in [0, 0.05) is 62.9 Å². The summed E-state index contributed by atoms with van der Waals surface area (Å²) in [5, 5.41) is 17.4. The first-order valence-corrected chi connectivity index (χ1v) is 11.4. The molecule has 0 unspecified atom stereocenters. The molecule has 9 heteroatoms. The Bertz CT molecular complexity index is 1300. The van der Waals surface area contributed by atoms with Gasteiger partial charge in [0.05, 0.1) is 17.3 Å². The second-order valence-electron chi connectivity index (χ2n) is 9.57. The van der Waals surface area contributed by atoms with E-state index in [1.54, 1.807) is 32.6 Å². The fourth-order valence-electron chi connectivity index (χ4n) is 4.54. The van der Waals surface area contributed by atoms with Gasteiger partial charge in [-0.3, -0.25) is 14.6 Å². The van der Waals surface area contributed by atoms with Gasteiger partial charge in [0.25, 0.3) is 5.91 Å².